The Balaban J connectivity index is 1.56. The summed E-state index contributed by atoms with van der Waals surface area (Å²) < 4.78 is 26.8. The predicted octanol–water partition coefficient (Wildman–Crippen LogP) is 3.48. The normalized spacial score (nSPS) is 29.2. The number of fused-ring (bicyclic) bond motifs is 1. The van der Waals surface area contributed by atoms with Crippen molar-refractivity contribution in [2.75, 3.05) is 59.9 Å². The Kier molecular flexibility index (Phi) is 9.49. The summed E-state index contributed by atoms with van der Waals surface area (Å²) in [6, 6.07) is 0.384. The minimum Gasteiger partial charge on any atom is -0.383 e. The lowest BCUT2D eigenvalue weighted by atomic mass is 9.72. The second-order valence-corrected chi connectivity index (χ2v) is 10.7. The van der Waals surface area contributed by atoms with Gasteiger partial charge in [-0.1, -0.05) is 6.92 Å². The molecule has 34 heavy (non-hydrogen) atoms. The van der Waals surface area contributed by atoms with Gasteiger partial charge in [-0.05, 0) is 44.6 Å². The summed E-state index contributed by atoms with van der Waals surface area (Å²) >= 11 is 0. The zero-order chi connectivity index (χ0) is 24.9. The number of likely N-dealkylation sites (tertiary alicyclic amines) is 2. The van der Waals surface area contributed by atoms with Crippen molar-refractivity contribution in [1.29, 1.82) is 0 Å². The number of nitrogens with zero attached hydrogens (tertiary/aromatic N) is 4. The number of amides is 1. The first-order valence-corrected chi connectivity index (χ1v) is 13.1. The molecule has 0 unspecified atom stereocenters. The van der Waals surface area contributed by atoms with Crippen LogP contribution in [0.5, 0.6) is 0 Å². The van der Waals surface area contributed by atoms with Gasteiger partial charge in [0.25, 0.3) is 5.92 Å². The number of hydrogen-bond acceptors (Lipinski definition) is 5. The third kappa shape index (κ3) is 7.23. The fourth-order valence-electron chi connectivity index (χ4n) is 5.98. The van der Waals surface area contributed by atoms with E-state index in [4.69, 9.17) is 0 Å². The highest BCUT2D eigenvalue weighted by Gasteiger charge is 2.42. The number of alkyl halides is 2. The molecule has 0 N–H and O–H groups in total. The van der Waals surface area contributed by atoms with E-state index in [1.807, 2.05) is 41.9 Å². The van der Waals surface area contributed by atoms with E-state index in [1.165, 1.54) is 0 Å². The van der Waals surface area contributed by atoms with Crippen LogP contribution in [0.2, 0.25) is 0 Å². The highest BCUT2D eigenvalue weighted by atomic mass is 19.3. The summed E-state index contributed by atoms with van der Waals surface area (Å²) in [7, 11) is 3.91. The molecule has 1 aliphatic carbocycles. The van der Waals surface area contributed by atoms with Crippen LogP contribution >= 0.6 is 0 Å². The molecule has 6 nitrogen and oxygen atoms in total. The number of Topliss-reactive ketones (excluding diaryl/α,β-unsaturated/α-hetero) is 1. The lowest BCUT2D eigenvalue weighted by Crippen LogP contribution is -2.52. The number of ketones is 1. The van der Waals surface area contributed by atoms with Gasteiger partial charge in [0.05, 0.1) is 0 Å². The number of carbonyl (C=O) groups is 2. The largest absolute Gasteiger partial charge is 0.383 e. The third-order valence-electron chi connectivity index (χ3n) is 7.77. The van der Waals surface area contributed by atoms with Crippen LogP contribution < -0.4 is 0 Å². The van der Waals surface area contributed by atoms with E-state index in [0.717, 1.165) is 37.9 Å². The van der Waals surface area contributed by atoms with Gasteiger partial charge in [-0.2, -0.15) is 0 Å². The first-order valence-electron chi connectivity index (χ1n) is 13.1. The van der Waals surface area contributed by atoms with E-state index in [1.54, 1.807) is 0 Å². The molecule has 0 bridgehead atoms. The zero-order valence-corrected chi connectivity index (χ0v) is 21.6. The molecule has 2 heterocycles. The van der Waals surface area contributed by atoms with Crippen LogP contribution in [0.25, 0.3) is 0 Å². The minimum absolute atomic E-state index is 0.0882. The summed E-state index contributed by atoms with van der Waals surface area (Å²) in [6.45, 7) is 8.75. The van der Waals surface area contributed by atoms with Crippen LogP contribution in [0, 0.1) is 11.8 Å². The van der Waals surface area contributed by atoms with Crippen molar-refractivity contribution in [2.45, 2.75) is 70.8 Å². The van der Waals surface area contributed by atoms with Gasteiger partial charge in [0.15, 0.2) is 5.78 Å². The van der Waals surface area contributed by atoms with Crippen molar-refractivity contribution in [1.82, 2.24) is 19.6 Å². The Labute approximate surface area is 204 Å². The van der Waals surface area contributed by atoms with Crippen LogP contribution in [-0.4, -0.2) is 103 Å². The van der Waals surface area contributed by atoms with Gasteiger partial charge < -0.3 is 14.7 Å². The average Bonchev–Trinajstić information content (AvgIpc) is 2.76. The van der Waals surface area contributed by atoms with Gasteiger partial charge >= 0.3 is 0 Å². The fourth-order valence-corrected chi connectivity index (χ4v) is 5.98. The second kappa shape index (κ2) is 11.9. The Bertz CT molecular complexity index is 732. The zero-order valence-electron chi connectivity index (χ0n) is 21.6. The van der Waals surface area contributed by atoms with E-state index in [2.05, 4.69) is 11.8 Å². The number of rotatable bonds is 9. The molecule has 0 radical (unpaired) electrons. The fraction of sp³-hybridized carbons (Fsp3) is 0.846. The summed E-state index contributed by atoms with van der Waals surface area (Å²) in [6.07, 6.45) is 5.66. The van der Waals surface area contributed by atoms with Crippen molar-refractivity contribution in [2.24, 2.45) is 11.8 Å². The van der Waals surface area contributed by atoms with Crippen LogP contribution in [0.1, 0.15) is 58.8 Å². The SMILES string of the molecule is CCCN1C[C@@H](CC(=O)N(CC)CCN2CCC(F)(F)CC2)C[C@@H]2CC(=O)C(=CN(C)C)C[C@H]21. The molecule has 2 aliphatic heterocycles. The molecule has 1 amide bonds. The van der Waals surface area contributed by atoms with Gasteiger partial charge in [0.2, 0.25) is 5.91 Å². The van der Waals surface area contributed by atoms with Gasteiger partial charge in [-0.15, -0.1) is 0 Å². The topological polar surface area (TPSA) is 47.1 Å². The Morgan fingerprint density at radius 1 is 1.15 bits per heavy atom. The molecule has 3 rings (SSSR count). The van der Waals surface area contributed by atoms with E-state index < -0.39 is 5.92 Å². The smallest absolute Gasteiger partial charge is 0.250 e. The predicted molar refractivity (Wildman–Crippen MR) is 131 cm³/mol. The van der Waals surface area contributed by atoms with Crippen LogP contribution in [0.4, 0.5) is 8.78 Å². The molecule has 0 aromatic heterocycles. The van der Waals surface area contributed by atoms with Gasteiger partial charge in [-0.3, -0.25) is 14.5 Å². The summed E-state index contributed by atoms with van der Waals surface area (Å²) in [5, 5.41) is 0. The molecule has 3 atom stereocenters. The molecule has 3 fully saturated rings. The number of carbonyl (C=O) groups excluding carboxylic acids is 2. The van der Waals surface area contributed by atoms with Crippen molar-refractivity contribution in [3.05, 3.63) is 11.8 Å². The summed E-state index contributed by atoms with van der Waals surface area (Å²) in [5.41, 5.74) is 0.925. The number of piperidine rings is 2. The highest BCUT2D eigenvalue weighted by Crippen LogP contribution is 2.39. The summed E-state index contributed by atoms with van der Waals surface area (Å²) in [4.78, 5) is 34.3. The lowest BCUT2D eigenvalue weighted by molar-refractivity contribution is -0.133. The highest BCUT2D eigenvalue weighted by molar-refractivity contribution is 5.96. The molecule has 0 aromatic carbocycles. The van der Waals surface area contributed by atoms with E-state index in [9.17, 15) is 18.4 Å². The standard InChI is InChI=1S/C26H44F2N4O2/c1-5-9-32-18-20(14-21-17-24(33)22(16-23(21)32)19-29(3)4)15-25(34)31(6-2)13-12-30-10-7-26(27,28)8-11-30/h19-21,23H,5-18H2,1-4H3/t20-,21-,23-/m1/s1. The molecule has 0 aromatic rings. The first-order chi connectivity index (χ1) is 16.1. The molecule has 0 spiro atoms. The number of halogens is 2. The maximum Gasteiger partial charge on any atom is 0.250 e. The number of hydrogen-bond donors (Lipinski definition) is 0. The minimum atomic E-state index is -2.54. The van der Waals surface area contributed by atoms with Crippen molar-refractivity contribution >= 4 is 11.7 Å². The summed E-state index contributed by atoms with van der Waals surface area (Å²) in [5.74, 6) is -1.56. The van der Waals surface area contributed by atoms with Crippen LogP contribution in [0.3, 0.4) is 0 Å². The van der Waals surface area contributed by atoms with Crippen molar-refractivity contribution in [3.63, 3.8) is 0 Å². The van der Waals surface area contributed by atoms with Gasteiger partial charge in [0.1, 0.15) is 0 Å². The lowest BCUT2D eigenvalue weighted by Gasteiger charge is -2.47. The van der Waals surface area contributed by atoms with Crippen LogP contribution in [0.15, 0.2) is 11.8 Å². The third-order valence-corrected chi connectivity index (χ3v) is 7.77. The Hall–Kier alpha value is -1.54. The Morgan fingerprint density at radius 3 is 2.47 bits per heavy atom. The molecule has 3 aliphatic rings. The quantitative estimate of drug-likeness (QED) is 0.471. The van der Waals surface area contributed by atoms with Crippen LogP contribution in [-0.2, 0) is 9.59 Å². The number of likely N-dealkylation sites (N-methyl/N-ethyl adjacent to an activating group) is 1. The second-order valence-electron chi connectivity index (χ2n) is 10.7. The monoisotopic (exact) mass is 482 g/mol. The van der Waals surface area contributed by atoms with E-state index in [0.29, 0.717) is 57.5 Å². The van der Waals surface area contributed by atoms with E-state index in [-0.39, 0.29) is 30.4 Å². The molecule has 194 valence electrons. The molecular weight excluding hydrogens is 438 g/mol. The maximum atomic E-state index is 13.4. The van der Waals surface area contributed by atoms with Gasteiger partial charge in [0, 0.05) is 96.9 Å². The van der Waals surface area contributed by atoms with Gasteiger partial charge in [-0.25, -0.2) is 8.78 Å². The molecule has 2 saturated heterocycles. The maximum absolute atomic E-state index is 13.4. The molecule has 1 saturated carbocycles. The Morgan fingerprint density at radius 2 is 1.85 bits per heavy atom. The average molecular weight is 483 g/mol. The first kappa shape index (κ1) is 27.1. The van der Waals surface area contributed by atoms with Crippen molar-refractivity contribution < 1.29 is 18.4 Å². The van der Waals surface area contributed by atoms with E-state index >= 15 is 0 Å². The van der Waals surface area contributed by atoms with Crippen molar-refractivity contribution in [3.8, 4) is 0 Å². The molecule has 8 heteroatoms. The molecular formula is C26H44F2N4O2.